The molecule has 0 spiro atoms. The minimum atomic E-state index is -0.427. The summed E-state index contributed by atoms with van der Waals surface area (Å²) < 4.78 is 0. The quantitative estimate of drug-likeness (QED) is 0.882. The van der Waals surface area contributed by atoms with Gasteiger partial charge in [0, 0.05) is 5.02 Å². The van der Waals surface area contributed by atoms with Gasteiger partial charge >= 0.3 is 0 Å². The van der Waals surface area contributed by atoms with Crippen LogP contribution in [0.5, 0.6) is 0 Å². The molecule has 0 unspecified atom stereocenters. The Morgan fingerprint density at radius 2 is 2.12 bits per heavy atom. The number of aryl methyl sites for hydroxylation is 1. The van der Waals surface area contributed by atoms with Crippen LogP contribution in [-0.4, -0.2) is 21.1 Å². The SMILES string of the molecule is Cc1cc(Cl)c(NC(=O)c2ncn[nH]2)cc1Cl. The fraction of sp³-hybridized carbons (Fsp3) is 0.100. The van der Waals surface area contributed by atoms with Crippen LogP contribution in [0.25, 0.3) is 0 Å². The number of nitrogens with one attached hydrogen (secondary N) is 2. The van der Waals surface area contributed by atoms with Gasteiger partial charge in [0.25, 0.3) is 5.91 Å². The van der Waals surface area contributed by atoms with E-state index in [2.05, 4.69) is 20.5 Å². The average molecular weight is 271 g/mol. The van der Waals surface area contributed by atoms with E-state index >= 15 is 0 Å². The van der Waals surface area contributed by atoms with Crippen LogP contribution in [0.1, 0.15) is 16.2 Å². The lowest BCUT2D eigenvalue weighted by Gasteiger charge is -2.07. The second-order valence-corrected chi connectivity index (χ2v) is 4.18. The van der Waals surface area contributed by atoms with Crippen molar-refractivity contribution in [2.75, 3.05) is 5.32 Å². The van der Waals surface area contributed by atoms with Gasteiger partial charge in [0.15, 0.2) is 0 Å². The largest absolute Gasteiger partial charge is 0.318 e. The minimum absolute atomic E-state index is 0.109. The third-order valence-electron chi connectivity index (χ3n) is 2.13. The van der Waals surface area contributed by atoms with E-state index in [0.717, 1.165) is 5.56 Å². The maximum absolute atomic E-state index is 11.7. The van der Waals surface area contributed by atoms with E-state index in [0.29, 0.717) is 15.7 Å². The number of nitrogens with zero attached hydrogens (tertiary/aromatic N) is 2. The van der Waals surface area contributed by atoms with Gasteiger partial charge < -0.3 is 5.32 Å². The third kappa shape index (κ3) is 2.57. The molecule has 0 atom stereocenters. The van der Waals surface area contributed by atoms with Crippen molar-refractivity contribution in [1.82, 2.24) is 15.2 Å². The smallest absolute Gasteiger partial charge is 0.293 e. The zero-order valence-electron chi connectivity index (χ0n) is 8.79. The fourth-order valence-corrected chi connectivity index (χ4v) is 1.67. The third-order valence-corrected chi connectivity index (χ3v) is 2.85. The highest BCUT2D eigenvalue weighted by Gasteiger charge is 2.12. The lowest BCUT2D eigenvalue weighted by Crippen LogP contribution is -2.14. The standard InChI is InChI=1S/C10H8Cl2N4O/c1-5-2-7(12)8(3-6(5)11)15-10(17)9-13-4-14-16-9/h2-4H,1H3,(H,15,17)(H,13,14,16). The van der Waals surface area contributed by atoms with Crippen LogP contribution in [-0.2, 0) is 0 Å². The number of halogens is 2. The van der Waals surface area contributed by atoms with Gasteiger partial charge in [-0.2, -0.15) is 5.10 Å². The van der Waals surface area contributed by atoms with Crippen molar-refractivity contribution < 1.29 is 4.79 Å². The number of rotatable bonds is 2. The van der Waals surface area contributed by atoms with E-state index in [1.54, 1.807) is 12.1 Å². The molecule has 1 heterocycles. The molecule has 0 aliphatic rings. The summed E-state index contributed by atoms with van der Waals surface area (Å²) in [4.78, 5) is 15.4. The first-order valence-electron chi connectivity index (χ1n) is 4.70. The second-order valence-electron chi connectivity index (χ2n) is 3.37. The number of H-pyrrole nitrogens is 1. The highest BCUT2D eigenvalue weighted by molar-refractivity contribution is 6.36. The van der Waals surface area contributed by atoms with Crippen molar-refractivity contribution in [1.29, 1.82) is 0 Å². The number of aromatic nitrogens is 3. The van der Waals surface area contributed by atoms with E-state index < -0.39 is 5.91 Å². The topological polar surface area (TPSA) is 70.7 Å². The van der Waals surface area contributed by atoms with Crippen molar-refractivity contribution >= 4 is 34.8 Å². The number of aromatic amines is 1. The molecule has 1 aromatic heterocycles. The van der Waals surface area contributed by atoms with Crippen LogP contribution >= 0.6 is 23.2 Å². The second kappa shape index (κ2) is 4.73. The van der Waals surface area contributed by atoms with Crippen LogP contribution < -0.4 is 5.32 Å². The maximum Gasteiger partial charge on any atom is 0.293 e. The van der Waals surface area contributed by atoms with E-state index in [9.17, 15) is 4.79 Å². The summed E-state index contributed by atoms with van der Waals surface area (Å²) in [5.41, 5.74) is 1.28. The number of amides is 1. The summed E-state index contributed by atoms with van der Waals surface area (Å²) in [6, 6.07) is 3.27. The Bertz CT molecular complexity index is 554. The molecule has 0 aliphatic heterocycles. The Labute approximate surface area is 107 Å². The predicted octanol–water partition coefficient (Wildman–Crippen LogP) is 2.67. The molecule has 17 heavy (non-hydrogen) atoms. The van der Waals surface area contributed by atoms with Crippen LogP contribution in [0.15, 0.2) is 18.5 Å². The van der Waals surface area contributed by atoms with Gasteiger partial charge in [0.05, 0.1) is 10.7 Å². The van der Waals surface area contributed by atoms with E-state index in [-0.39, 0.29) is 5.82 Å². The number of carbonyl (C=O) groups is 1. The summed E-state index contributed by atoms with van der Waals surface area (Å²) in [7, 11) is 0. The number of benzene rings is 1. The van der Waals surface area contributed by atoms with Crippen molar-refractivity contribution in [3.8, 4) is 0 Å². The highest BCUT2D eigenvalue weighted by atomic mass is 35.5. The van der Waals surface area contributed by atoms with Crippen LogP contribution in [0, 0.1) is 6.92 Å². The van der Waals surface area contributed by atoms with Gasteiger partial charge in [-0.05, 0) is 24.6 Å². The van der Waals surface area contributed by atoms with Crippen LogP contribution in [0.3, 0.4) is 0 Å². The number of hydrogen-bond donors (Lipinski definition) is 2. The Hall–Kier alpha value is -1.59. The Morgan fingerprint density at radius 3 is 2.76 bits per heavy atom. The zero-order chi connectivity index (χ0) is 12.4. The first kappa shape index (κ1) is 11.9. The molecule has 0 radical (unpaired) electrons. The van der Waals surface area contributed by atoms with Gasteiger partial charge in [-0.15, -0.1) is 0 Å². The van der Waals surface area contributed by atoms with Gasteiger partial charge in [-0.1, -0.05) is 23.2 Å². The Morgan fingerprint density at radius 1 is 1.35 bits per heavy atom. The van der Waals surface area contributed by atoms with Crippen molar-refractivity contribution in [3.05, 3.63) is 39.9 Å². The molecule has 2 N–H and O–H groups in total. The fourth-order valence-electron chi connectivity index (χ4n) is 1.24. The molecule has 2 aromatic rings. The summed E-state index contributed by atoms with van der Waals surface area (Å²) in [6.45, 7) is 1.83. The van der Waals surface area contributed by atoms with Crippen molar-refractivity contribution in [2.45, 2.75) is 6.92 Å². The molecule has 88 valence electrons. The van der Waals surface area contributed by atoms with E-state index in [1.807, 2.05) is 6.92 Å². The van der Waals surface area contributed by atoms with Gasteiger partial charge in [-0.3, -0.25) is 9.89 Å². The molecule has 0 saturated heterocycles. The first-order chi connectivity index (χ1) is 8.08. The first-order valence-corrected chi connectivity index (χ1v) is 5.46. The molecular formula is C10H8Cl2N4O. The van der Waals surface area contributed by atoms with Gasteiger partial charge in [-0.25, -0.2) is 4.98 Å². The average Bonchev–Trinajstić information content (AvgIpc) is 2.79. The van der Waals surface area contributed by atoms with Crippen molar-refractivity contribution in [2.24, 2.45) is 0 Å². The summed E-state index contributed by atoms with van der Waals surface area (Å²) >= 11 is 11.9. The molecule has 7 heteroatoms. The van der Waals surface area contributed by atoms with Crippen LogP contribution in [0.2, 0.25) is 10.0 Å². The molecule has 0 saturated carbocycles. The Kier molecular flexibility index (Phi) is 3.31. The molecular weight excluding hydrogens is 263 g/mol. The molecule has 0 aliphatic carbocycles. The minimum Gasteiger partial charge on any atom is -0.318 e. The molecule has 5 nitrogen and oxygen atoms in total. The molecule has 0 bridgehead atoms. The van der Waals surface area contributed by atoms with Crippen LogP contribution in [0.4, 0.5) is 5.69 Å². The molecule has 0 fully saturated rings. The lowest BCUT2D eigenvalue weighted by molar-refractivity contribution is 0.101. The normalized spacial score (nSPS) is 10.3. The highest BCUT2D eigenvalue weighted by Crippen LogP contribution is 2.28. The maximum atomic E-state index is 11.7. The van der Waals surface area contributed by atoms with Crippen molar-refractivity contribution in [3.63, 3.8) is 0 Å². The molecule has 1 aromatic carbocycles. The number of anilines is 1. The predicted molar refractivity (Wildman–Crippen MR) is 65.5 cm³/mol. The van der Waals surface area contributed by atoms with Gasteiger partial charge in [0.2, 0.25) is 5.82 Å². The monoisotopic (exact) mass is 270 g/mol. The van der Waals surface area contributed by atoms with E-state index in [1.165, 1.54) is 6.33 Å². The molecule has 1 amide bonds. The van der Waals surface area contributed by atoms with E-state index in [4.69, 9.17) is 23.2 Å². The lowest BCUT2D eigenvalue weighted by atomic mass is 10.2. The van der Waals surface area contributed by atoms with Gasteiger partial charge in [0.1, 0.15) is 6.33 Å². The summed E-state index contributed by atoms with van der Waals surface area (Å²) in [6.07, 6.45) is 1.25. The zero-order valence-corrected chi connectivity index (χ0v) is 10.3. The Balaban J connectivity index is 2.25. The number of carbonyl (C=O) groups excluding carboxylic acids is 1. The molecule has 2 rings (SSSR count). The summed E-state index contributed by atoms with van der Waals surface area (Å²) in [5, 5.41) is 9.57. The number of hydrogen-bond acceptors (Lipinski definition) is 3. The summed E-state index contributed by atoms with van der Waals surface area (Å²) in [5.74, 6) is -0.318.